The molecule has 0 atom stereocenters. The first kappa shape index (κ1) is 58.0. The minimum atomic E-state index is 0.384. The summed E-state index contributed by atoms with van der Waals surface area (Å²) < 4.78 is 4.65. The van der Waals surface area contributed by atoms with Gasteiger partial charge in [0.25, 0.3) is 0 Å². The van der Waals surface area contributed by atoms with Gasteiger partial charge in [0.1, 0.15) is 0 Å². The lowest BCUT2D eigenvalue weighted by molar-refractivity contribution is 1.06. The van der Waals surface area contributed by atoms with E-state index in [0.29, 0.717) is 45.3 Å². The zero-order valence-corrected chi connectivity index (χ0v) is 52.8. The van der Waals surface area contributed by atoms with Crippen LogP contribution in [-0.2, 0) is 0 Å². The van der Waals surface area contributed by atoms with Gasteiger partial charge in [-0.05, 0) is 175 Å². The van der Waals surface area contributed by atoms with Gasteiger partial charge in [0.05, 0.1) is 68.3 Å². The Morgan fingerprint density at radius 1 is 0.214 bits per heavy atom. The highest BCUT2D eigenvalue weighted by molar-refractivity contribution is 6.14. The maximum Gasteiger partial charge on any atom is 0.166 e. The van der Waals surface area contributed by atoms with Crippen molar-refractivity contribution < 1.29 is 0 Å². The summed E-state index contributed by atoms with van der Waals surface area (Å²) in [6.45, 7) is 0. The average molecular weight is 1250 g/mol. The van der Waals surface area contributed by atoms with Crippen LogP contribution in [0.3, 0.4) is 0 Å². The molecule has 0 bridgehead atoms. The highest BCUT2D eigenvalue weighted by atomic mass is 15.1. The largest absolute Gasteiger partial charge is 0.308 e. The number of rotatable bonds is 12. The zero-order chi connectivity index (χ0) is 65.6. The Balaban J connectivity index is 0.969. The van der Waals surface area contributed by atoms with Gasteiger partial charge in [-0.3, -0.25) is 0 Å². The van der Waals surface area contributed by atoms with Gasteiger partial charge in [0, 0.05) is 38.2 Å². The normalized spacial score (nSPS) is 11.2. The van der Waals surface area contributed by atoms with Crippen molar-refractivity contribution in [1.29, 1.82) is 15.8 Å². The number of nitrogens with zero attached hydrogens (tertiary/aromatic N) is 8. The fourth-order valence-corrected chi connectivity index (χ4v) is 14.0. The fraction of sp³-hybridized carbons (Fsp3) is 0. The standard InChI is InChI=1S/C90H54N8/c91-55-58-18-17-29-65(48-58)63-32-34-64(35-33-63)88-94-89(80-53-70(74-30-15-13-27-72(74)56-92)40-46-86(80)97-82-42-36-66(59-19-5-1-6-20-59)49-76(82)77-50-67(37-43-83(77)97)60-21-7-2-8-22-60)96-90(95-88)81-54-71(75-31-16-14-28-73(75)57-93)41-47-87(81)98-84-44-38-68(61-23-9-3-10-24-61)51-78(84)79-52-69(39-45-85(79)98)62-25-11-4-12-26-62/h1-54H. The first-order chi connectivity index (χ1) is 48.4. The van der Waals surface area contributed by atoms with E-state index in [4.69, 9.17) is 15.0 Å². The SMILES string of the molecule is N#Cc1cccc(-c2ccc(-c3nc(-c4cc(-c5ccccc5C#N)ccc4-n4c5ccc(-c6ccccc6)cc5c5cc(-c6ccccc6)ccc54)nc(-c4cc(-c5ccccc5C#N)ccc4-n4c5ccc(-c6ccccc6)cc5c5cc(-c6ccccc6)ccc54)n3)cc2)c1. The molecule has 0 fully saturated rings. The molecule has 8 nitrogen and oxygen atoms in total. The lowest BCUT2D eigenvalue weighted by Crippen LogP contribution is -2.06. The van der Waals surface area contributed by atoms with Crippen LogP contribution in [0.5, 0.6) is 0 Å². The predicted octanol–water partition coefficient (Wildman–Crippen LogP) is 22.4. The van der Waals surface area contributed by atoms with E-state index in [0.717, 1.165) is 138 Å². The van der Waals surface area contributed by atoms with Crippen LogP contribution in [0, 0.1) is 34.0 Å². The van der Waals surface area contributed by atoms with Crippen molar-refractivity contribution >= 4 is 43.6 Å². The van der Waals surface area contributed by atoms with Crippen molar-refractivity contribution in [3.05, 3.63) is 344 Å². The fourth-order valence-electron chi connectivity index (χ4n) is 14.0. The van der Waals surface area contributed by atoms with Crippen molar-refractivity contribution in [2.24, 2.45) is 0 Å². The highest BCUT2D eigenvalue weighted by Crippen LogP contribution is 2.45. The number of hydrogen-bond acceptors (Lipinski definition) is 6. The second kappa shape index (κ2) is 24.6. The molecule has 8 heteroatoms. The maximum absolute atomic E-state index is 10.7. The van der Waals surface area contributed by atoms with E-state index in [9.17, 15) is 15.8 Å². The van der Waals surface area contributed by atoms with Gasteiger partial charge in [0.15, 0.2) is 17.5 Å². The van der Waals surface area contributed by atoms with Gasteiger partial charge in [-0.1, -0.05) is 231 Å². The third kappa shape index (κ3) is 10.4. The van der Waals surface area contributed by atoms with Crippen LogP contribution in [0.25, 0.3) is 167 Å². The Kier molecular flexibility index (Phi) is 14.5. The molecule has 0 amide bonds. The van der Waals surface area contributed by atoms with Gasteiger partial charge >= 0.3 is 0 Å². The van der Waals surface area contributed by atoms with Gasteiger partial charge in [-0.15, -0.1) is 0 Å². The van der Waals surface area contributed by atoms with E-state index in [1.165, 1.54) is 0 Å². The Morgan fingerprint density at radius 2 is 0.520 bits per heavy atom. The summed E-state index contributed by atoms with van der Waals surface area (Å²) in [7, 11) is 0. The highest BCUT2D eigenvalue weighted by Gasteiger charge is 2.26. The molecule has 0 saturated heterocycles. The summed E-state index contributed by atoms with van der Waals surface area (Å²) in [5, 5.41) is 35.7. The number of nitriles is 3. The summed E-state index contributed by atoms with van der Waals surface area (Å²) in [6.07, 6.45) is 0. The maximum atomic E-state index is 10.7. The molecule has 17 rings (SSSR count). The van der Waals surface area contributed by atoms with Crippen LogP contribution in [-0.4, -0.2) is 24.1 Å². The van der Waals surface area contributed by atoms with Gasteiger partial charge in [-0.2, -0.15) is 15.8 Å². The monoisotopic (exact) mass is 1250 g/mol. The quantitative estimate of drug-likeness (QED) is 0.120. The van der Waals surface area contributed by atoms with Gasteiger partial charge in [0.2, 0.25) is 0 Å². The first-order valence-corrected chi connectivity index (χ1v) is 32.5. The third-order valence-corrected chi connectivity index (χ3v) is 18.7. The molecular formula is C90H54N8. The Hall–Kier alpha value is -13.8. The molecule has 0 unspecified atom stereocenters. The molecule has 0 saturated carbocycles. The van der Waals surface area contributed by atoms with Crippen molar-refractivity contribution in [2.75, 3.05) is 0 Å². The lowest BCUT2D eigenvalue weighted by atomic mass is 9.96. The van der Waals surface area contributed by atoms with E-state index >= 15 is 0 Å². The van der Waals surface area contributed by atoms with Crippen LogP contribution < -0.4 is 0 Å². The van der Waals surface area contributed by atoms with E-state index in [2.05, 4.69) is 234 Å². The molecule has 0 aliphatic rings. The van der Waals surface area contributed by atoms with E-state index in [1.807, 2.05) is 121 Å². The Morgan fingerprint density at radius 3 is 0.898 bits per heavy atom. The summed E-state index contributed by atoms with van der Waals surface area (Å²) in [5.41, 5.74) is 23.0. The molecule has 17 aromatic rings. The number of benzene rings is 14. The molecule has 98 heavy (non-hydrogen) atoms. The van der Waals surface area contributed by atoms with Crippen LogP contribution in [0.15, 0.2) is 328 Å². The van der Waals surface area contributed by atoms with Crippen LogP contribution in [0.2, 0.25) is 0 Å². The summed E-state index contributed by atoms with van der Waals surface area (Å²) in [6, 6.07) is 120. The Labute approximate surface area is 566 Å². The van der Waals surface area contributed by atoms with E-state index in [1.54, 1.807) is 0 Å². The molecule has 3 aromatic heterocycles. The minimum absolute atomic E-state index is 0.384. The molecule has 0 aliphatic carbocycles. The topological polar surface area (TPSA) is 120 Å². The van der Waals surface area contributed by atoms with Crippen LogP contribution in [0.1, 0.15) is 16.7 Å². The predicted molar refractivity (Wildman–Crippen MR) is 397 cm³/mol. The average Bonchev–Trinajstić information content (AvgIpc) is 1.68. The lowest BCUT2D eigenvalue weighted by Gasteiger charge is -2.19. The van der Waals surface area contributed by atoms with E-state index < -0.39 is 0 Å². The van der Waals surface area contributed by atoms with Crippen LogP contribution >= 0.6 is 0 Å². The molecule has 14 aromatic carbocycles. The van der Waals surface area contributed by atoms with Gasteiger partial charge < -0.3 is 9.13 Å². The number of aromatic nitrogens is 5. The second-order valence-electron chi connectivity index (χ2n) is 24.4. The summed E-state index contributed by atoms with van der Waals surface area (Å²) >= 11 is 0. The molecule has 0 spiro atoms. The smallest absolute Gasteiger partial charge is 0.166 e. The van der Waals surface area contributed by atoms with Gasteiger partial charge in [-0.25, -0.2) is 15.0 Å². The molecule has 0 aliphatic heterocycles. The second-order valence-corrected chi connectivity index (χ2v) is 24.4. The zero-order valence-electron chi connectivity index (χ0n) is 52.8. The van der Waals surface area contributed by atoms with Crippen molar-refractivity contribution in [3.63, 3.8) is 0 Å². The van der Waals surface area contributed by atoms with Crippen molar-refractivity contribution in [2.45, 2.75) is 0 Å². The van der Waals surface area contributed by atoms with Crippen molar-refractivity contribution in [3.8, 4) is 142 Å². The Bertz CT molecular complexity index is 5610. The molecule has 0 radical (unpaired) electrons. The molecule has 454 valence electrons. The van der Waals surface area contributed by atoms with Crippen molar-refractivity contribution in [1.82, 2.24) is 24.1 Å². The van der Waals surface area contributed by atoms with E-state index in [-0.39, 0.29) is 0 Å². The first-order valence-electron chi connectivity index (χ1n) is 32.5. The number of fused-ring (bicyclic) bond motifs is 6. The minimum Gasteiger partial charge on any atom is -0.308 e. The molecule has 0 N–H and O–H groups in total. The molecular weight excluding hydrogens is 1190 g/mol. The van der Waals surface area contributed by atoms with Crippen LogP contribution in [0.4, 0.5) is 0 Å². The summed E-state index contributed by atoms with van der Waals surface area (Å²) in [5.74, 6) is 1.18. The third-order valence-electron chi connectivity index (χ3n) is 18.7. The summed E-state index contributed by atoms with van der Waals surface area (Å²) in [4.78, 5) is 17.1. The number of hydrogen-bond donors (Lipinski definition) is 0. The molecule has 3 heterocycles.